The average molecular weight is 352 g/mol. The Hall–Kier alpha value is -2.66. The van der Waals surface area contributed by atoms with E-state index in [1.807, 2.05) is 68.4 Å². The quantitative estimate of drug-likeness (QED) is 0.831. The first kappa shape index (κ1) is 18.1. The molecule has 0 radical (unpaired) electrons. The third-order valence-electron chi connectivity index (χ3n) is 4.62. The molecule has 2 aromatic rings. The molecule has 1 atom stereocenters. The highest BCUT2D eigenvalue weighted by Gasteiger charge is 2.33. The van der Waals surface area contributed by atoms with E-state index in [1.165, 1.54) is 0 Å². The van der Waals surface area contributed by atoms with E-state index in [0.717, 1.165) is 16.8 Å². The van der Waals surface area contributed by atoms with Crippen molar-refractivity contribution in [3.05, 3.63) is 54.6 Å². The van der Waals surface area contributed by atoms with E-state index >= 15 is 0 Å². The molecule has 5 nitrogen and oxygen atoms in total. The molecule has 5 heteroatoms. The molecule has 0 bridgehead atoms. The van der Waals surface area contributed by atoms with Crippen LogP contribution in [0.1, 0.15) is 13.8 Å². The molecule has 0 spiro atoms. The maximum absolute atomic E-state index is 12.8. The van der Waals surface area contributed by atoms with E-state index in [9.17, 15) is 9.59 Å². The van der Waals surface area contributed by atoms with Crippen molar-refractivity contribution in [3.63, 3.8) is 0 Å². The Bertz CT molecular complexity index is 776. The lowest BCUT2D eigenvalue weighted by atomic mass is 10.0. The number of para-hydroxylation sites is 1. The number of benzene rings is 2. The zero-order valence-electron chi connectivity index (χ0n) is 15.2. The van der Waals surface area contributed by atoms with Crippen molar-refractivity contribution in [1.82, 2.24) is 4.90 Å². The number of anilines is 1. The summed E-state index contributed by atoms with van der Waals surface area (Å²) in [6.45, 7) is 4.87. The molecular weight excluding hydrogens is 328 g/mol. The standard InChI is InChI=1S/C21H24N2O3/c1-3-26-15-21(25)22-14-20(24)23(13-16(22)2)19-12-8-7-11-18(19)17-9-5-4-6-10-17/h4-12,16H,3,13-15H2,1-2H3. The van der Waals surface area contributed by atoms with Crippen LogP contribution >= 0.6 is 0 Å². The number of hydrogen-bond acceptors (Lipinski definition) is 3. The van der Waals surface area contributed by atoms with E-state index in [0.29, 0.717) is 13.2 Å². The molecule has 1 heterocycles. The number of hydrogen-bond donors (Lipinski definition) is 0. The zero-order valence-corrected chi connectivity index (χ0v) is 15.2. The zero-order chi connectivity index (χ0) is 18.5. The molecule has 1 aliphatic rings. The monoisotopic (exact) mass is 352 g/mol. The molecule has 0 aliphatic carbocycles. The highest BCUT2D eigenvalue weighted by molar-refractivity contribution is 6.01. The van der Waals surface area contributed by atoms with Crippen LogP contribution in [0, 0.1) is 0 Å². The van der Waals surface area contributed by atoms with E-state index < -0.39 is 0 Å². The predicted molar refractivity (Wildman–Crippen MR) is 102 cm³/mol. The Morgan fingerprint density at radius 1 is 1.12 bits per heavy atom. The Morgan fingerprint density at radius 2 is 1.81 bits per heavy atom. The Balaban J connectivity index is 1.84. The van der Waals surface area contributed by atoms with Gasteiger partial charge in [-0.1, -0.05) is 48.5 Å². The lowest BCUT2D eigenvalue weighted by Gasteiger charge is -2.40. The highest BCUT2D eigenvalue weighted by Crippen LogP contribution is 2.32. The summed E-state index contributed by atoms with van der Waals surface area (Å²) in [4.78, 5) is 28.5. The Labute approximate surface area is 154 Å². The third kappa shape index (κ3) is 3.78. The number of piperazine rings is 1. The van der Waals surface area contributed by atoms with Crippen LogP contribution in [0.25, 0.3) is 11.1 Å². The van der Waals surface area contributed by atoms with Crippen LogP contribution in [0.4, 0.5) is 5.69 Å². The van der Waals surface area contributed by atoms with Crippen molar-refractivity contribution >= 4 is 17.5 Å². The second-order valence-electron chi connectivity index (χ2n) is 6.40. The van der Waals surface area contributed by atoms with Gasteiger partial charge in [0, 0.05) is 24.8 Å². The van der Waals surface area contributed by atoms with Gasteiger partial charge in [0.15, 0.2) is 0 Å². The summed E-state index contributed by atoms with van der Waals surface area (Å²) in [7, 11) is 0. The minimum Gasteiger partial charge on any atom is -0.372 e. The van der Waals surface area contributed by atoms with Gasteiger partial charge < -0.3 is 14.5 Å². The van der Waals surface area contributed by atoms with Crippen LogP contribution in [0.15, 0.2) is 54.6 Å². The average Bonchev–Trinajstić information content (AvgIpc) is 2.68. The van der Waals surface area contributed by atoms with Crippen LogP contribution in [-0.4, -0.2) is 49.1 Å². The Kier molecular flexibility index (Phi) is 5.68. The van der Waals surface area contributed by atoms with Crippen LogP contribution in [-0.2, 0) is 14.3 Å². The third-order valence-corrected chi connectivity index (χ3v) is 4.62. The second kappa shape index (κ2) is 8.15. The molecule has 0 saturated carbocycles. The summed E-state index contributed by atoms with van der Waals surface area (Å²) in [6, 6.07) is 17.9. The lowest BCUT2D eigenvalue weighted by Crippen LogP contribution is -2.57. The van der Waals surface area contributed by atoms with Crippen molar-refractivity contribution in [2.45, 2.75) is 19.9 Å². The van der Waals surface area contributed by atoms with Crippen LogP contribution in [0.3, 0.4) is 0 Å². The molecule has 1 fully saturated rings. The fourth-order valence-corrected chi connectivity index (χ4v) is 3.26. The normalized spacial score (nSPS) is 17.5. The van der Waals surface area contributed by atoms with E-state index in [4.69, 9.17) is 4.74 Å². The number of amides is 2. The van der Waals surface area contributed by atoms with Gasteiger partial charge in [-0.15, -0.1) is 0 Å². The minimum atomic E-state index is -0.135. The number of nitrogens with zero attached hydrogens (tertiary/aromatic N) is 2. The molecule has 136 valence electrons. The molecule has 2 amide bonds. The Morgan fingerprint density at radius 3 is 2.54 bits per heavy atom. The second-order valence-corrected chi connectivity index (χ2v) is 6.40. The van der Waals surface area contributed by atoms with E-state index in [1.54, 1.807) is 9.80 Å². The maximum atomic E-state index is 12.8. The minimum absolute atomic E-state index is 0.0225. The molecule has 0 N–H and O–H groups in total. The summed E-state index contributed by atoms with van der Waals surface area (Å²) >= 11 is 0. The van der Waals surface area contributed by atoms with Crippen LogP contribution in [0.5, 0.6) is 0 Å². The molecular formula is C21H24N2O3. The van der Waals surface area contributed by atoms with Crippen LogP contribution in [0.2, 0.25) is 0 Å². The van der Waals surface area contributed by atoms with Gasteiger partial charge >= 0.3 is 0 Å². The summed E-state index contributed by atoms with van der Waals surface area (Å²) in [6.07, 6.45) is 0. The molecule has 2 aromatic carbocycles. The first-order chi connectivity index (χ1) is 12.6. The van der Waals surface area contributed by atoms with Crippen molar-refractivity contribution < 1.29 is 14.3 Å². The predicted octanol–water partition coefficient (Wildman–Crippen LogP) is 2.95. The summed E-state index contributed by atoms with van der Waals surface area (Å²) in [5, 5.41) is 0. The molecule has 26 heavy (non-hydrogen) atoms. The van der Waals surface area contributed by atoms with E-state index in [-0.39, 0.29) is 31.0 Å². The SMILES string of the molecule is CCOCC(=O)N1CC(=O)N(c2ccccc2-c2ccccc2)CC1C. The van der Waals surface area contributed by atoms with Gasteiger partial charge in [-0.2, -0.15) is 0 Å². The van der Waals surface area contributed by atoms with E-state index in [2.05, 4.69) is 0 Å². The van der Waals surface area contributed by atoms with Gasteiger partial charge in [-0.25, -0.2) is 0 Å². The van der Waals surface area contributed by atoms with Gasteiger partial charge in [-0.05, 0) is 25.5 Å². The van der Waals surface area contributed by atoms with Gasteiger partial charge in [0.2, 0.25) is 11.8 Å². The molecule has 1 aliphatic heterocycles. The fraction of sp³-hybridized carbons (Fsp3) is 0.333. The number of rotatable bonds is 5. The summed E-state index contributed by atoms with van der Waals surface area (Å²) in [5.74, 6) is -0.208. The van der Waals surface area contributed by atoms with Crippen molar-refractivity contribution in [2.75, 3.05) is 31.2 Å². The lowest BCUT2D eigenvalue weighted by molar-refractivity contribution is -0.143. The number of carbonyl (C=O) groups is 2. The van der Waals surface area contributed by atoms with Crippen molar-refractivity contribution in [3.8, 4) is 11.1 Å². The largest absolute Gasteiger partial charge is 0.372 e. The van der Waals surface area contributed by atoms with Gasteiger partial charge in [0.1, 0.15) is 13.2 Å². The van der Waals surface area contributed by atoms with Crippen molar-refractivity contribution in [1.29, 1.82) is 0 Å². The summed E-state index contributed by atoms with van der Waals surface area (Å²) < 4.78 is 5.20. The van der Waals surface area contributed by atoms with Gasteiger partial charge in [0.05, 0.1) is 5.69 Å². The number of carbonyl (C=O) groups excluding carboxylic acids is 2. The highest BCUT2D eigenvalue weighted by atomic mass is 16.5. The molecule has 0 aromatic heterocycles. The number of ether oxygens (including phenoxy) is 1. The smallest absolute Gasteiger partial charge is 0.249 e. The fourth-order valence-electron chi connectivity index (χ4n) is 3.26. The van der Waals surface area contributed by atoms with Gasteiger partial charge in [-0.3, -0.25) is 9.59 Å². The first-order valence-corrected chi connectivity index (χ1v) is 8.93. The first-order valence-electron chi connectivity index (χ1n) is 8.93. The topological polar surface area (TPSA) is 49.9 Å². The molecule has 1 saturated heterocycles. The summed E-state index contributed by atoms with van der Waals surface area (Å²) in [5.41, 5.74) is 2.97. The van der Waals surface area contributed by atoms with Gasteiger partial charge in [0.25, 0.3) is 0 Å². The van der Waals surface area contributed by atoms with Crippen LogP contribution < -0.4 is 4.90 Å². The maximum Gasteiger partial charge on any atom is 0.249 e. The molecule has 3 rings (SSSR count). The molecule has 1 unspecified atom stereocenters. The van der Waals surface area contributed by atoms with Crippen molar-refractivity contribution in [2.24, 2.45) is 0 Å².